The van der Waals surface area contributed by atoms with Crippen molar-refractivity contribution in [2.24, 2.45) is 11.7 Å². The standard InChI is InChI=1S/C5H11NO.C5H5N/c1-4(2)3-5(6)7;1-2-4-6-5-3-1/h4H,3H2,1-2H3,(H2,6,7);1-5H. The summed E-state index contributed by atoms with van der Waals surface area (Å²) in [7, 11) is 0. The van der Waals surface area contributed by atoms with Gasteiger partial charge in [-0.2, -0.15) is 0 Å². The van der Waals surface area contributed by atoms with Gasteiger partial charge < -0.3 is 5.73 Å². The van der Waals surface area contributed by atoms with E-state index in [2.05, 4.69) is 4.98 Å². The Labute approximate surface area is 79.0 Å². The minimum Gasteiger partial charge on any atom is -0.370 e. The van der Waals surface area contributed by atoms with Crippen LogP contribution in [0.25, 0.3) is 0 Å². The van der Waals surface area contributed by atoms with Crippen LogP contribution < -0.4 is 5.73 Å². The number of carbonyl (C=O) groups excluding carboxylic acids is 1. The van der Waals surface area contributed by atoms with Crippen LogP contribution in [0.5, 0.6) is 0 Å². The fraction of sp³-hybridized carbons (Fsp3) is 0.400. The molecule has 0 aliphatic rings. The van der Waals surface area contributed by atoms with Crippen LogP contribution >= 0.6 is 0 Å². The van der Waals surface area contributed by atoms with Gasteiger partial charge in [-0.25, -0.2) is 0 Å². The molecule has 72 valence electrons. The number of nitrogens with zero attached hydrogens (tertiary/aromatic N) is 1. The first-order valence-corrected chi connectivity index (χ1v) is 4.26. The molecule has 1 amide bonds. The SMILES string of the molecule is CC(C)CC(N)=O.c1ccncc1. The summed E-state index contributed by atoms with van der Waals surface area (Å²) in [5, 5.41) is 0. The number of nitrogens with two attached hydrogens (primary N) is 1. The Balaban J connectivity index is 0.000000223. The molecule has 0 spiro atoms. The van der Waals surface area contributed by atoms with Crippen molar-refractivity contribution in [1.82, 2.24) is 4.98 Å². The van der Waals surface area contributed by atoms with Gasteiger partial charge in [-0.3, -0.25) is 9.78 Å². The summed E-state index contributed by atoms with van der Waals surface area (Å²) in [6, 6.07) is 5.72. The van der Waals surface area contributed by atoms with Crippen molar-refractivity contribution in [3.8, 4) is 0 Å². The van der Waals surface area contributed by atoms with Crippen LogP contribution in [-0.2, 0) is 4.79 Å². The van der Waals surface area contributed by atoms with Crippen LogP contribution in [-0.4, -0.2) is 10.9 Å². The molecule has 13 heavy (non-hydrogen) atoms. The van der Waals surface area contributed by atoms with Crippen molar-refractivity contribution < 1.29 is 4.79 Å². The fourth-order valence-corrected chi connectivity index (χ4v) is 0.715. The van der Waals surface area contributed by atoms with Gasteiger partial charge in [0.1, 0.15) is 0 Å². The van der Waals surface area contributed by atoms with Crippen molar-refractivity contribution in [2.45, 2.75) is 20.3 Å². The number of hydrogen-bond acceptors (Lipinski definition) is 2. The Hall–Kier alpha value is -1.38. The molecule has 0 aliphatic carbocycles. The molecule has 1 heterocycles. The molecule has 3 heteroatoms. The molecule has 0 aromatic carbocycles. The molecule has 0 radical (unpaired) electrons. The van der Waals surface area contributed by atoms with Crippen LogP contribution in [0, 0.1) is 5.92 Å². The van der Waals surface area contributed by atoms with E-state index < -0.39 is 0 Å². The Morgan fingerprint density at radius 3 is 1.92 bits per heavy atom. The van der Waals surface area contributed by atoms with E-state index in [-0.39, 0.29) is 5.91 Å². The van der Waals surface area contributed by atoms with E-state index in [0.717, 1.165) is 0 Å². The third-order valence-corrected chi connectivity index (χ3v) is 1.18. The molecular weight excluding hydrogens is 164 g/mol. The third kappa shape index (κ3) is 10.6. The lowest BCUT2D eigenvalue weighted by Crippen LogP contribution is -2.12. The van der Waals surface area contributed by atoms with Gasteiger partial charge in [0, 0.05) is 18.8 Å². The van der Waals surface area contributed by atoms with E-state index in [0.29, 0.717) is 12.3 Å². The Kier molecular flexibility index (Phi) is 6.51. The van der Waals surface area contributed by atoms with E-state index in [1.165, 1.54) is 0 Å². The van der Waals surface area contributed by atoms with E-state index in [1.54, 1.807) is 12.4 Å². The maximum atomic E-state index is 10.0. The summed E-state index contributed by atoms with van der Waals surface area (Å²) < 4.78 is 0. The molecule has 0 atom stereocenters. The lowest BCUT2D eigenvalue weighted by Gasteiger charge is -1.95. The molecule has 2 N–H and O–H groups in total. The third-order valence-electron chi connectivity index (χ3n) is 1.18. The predicted molar refractivity (Wildman–Crippen MR) is 52.9 cm³/mol. The van der Waals surface area contributed by atoms with Crippen molar-refractivity contribution in [3.63, 3.8) is 0 Å². The maximum Gasteiger partial charge on any atom is 0.217 e. The second kappa shape index (κ2) is 7.28. The Morgan fingerprint density at radius 1 is 1.31 bits per heavy atom. The predicted octanol–water partition coefficient (Wildman–Crippen LogP) is 1.60. The van der Waals surface area contributed by atoms with Crippen molar-refractivity contribution in [1.29, 1.82) is 0 Å². The average Bonchev–Trinajstić information content (AvgIpc) is 2.06. The topological polar surface area (TPSA) is 56.0 Å². The van der Waals surface area contributed by atoms with Crippen LogP contribution in [0.4, 0.5) is 0 Å². The molecule has 0 aliphatic heterocycles. The van der Waals surface area contributed by atoms with Crippen LogP contribution in [0.15, 0.2) is 30.6 Å². The molecule has 0 fully saturated rings. The van der Waals surface area contributed by atoms with Gasteiger partial charge in [0.25, 0.3) is 0 Å². The first-order valence-electron chi connectivity index (χ1n) is 4.26. The largest absolute Gasteiger partial charge is 0.370 e. The van der Waals surface area contributed by atoms with Gasteiger partial charge in [0.05, 0.1) is 0 Å². The molecule has 1 rings (SSSR count). The maximum absolute atomic E-state index is 10.0. The summed E-state index contributed by atoms with van der Waals surface area (Å²) in [6.07, 6.45) is 4.00. The van der Waals surface area contributed by atoms with E-state index >= 15 is 0 Å². The number of rotatable bonds is 2. The number of amides is 1. The summed E-state index contributed by atoms with van der Waals surface area (Å²) in [6.45, 7) is 3.93. The van der Waals surface area contributed by atoms with Crippen LogP contribution in [0.3, 0.4) is 0 Å². The number of pyridine rings is 1. The summed E-state index contributed by atoms with van der Waals surface area (Å²) in [4.78, 5) is 13.8. The normalized spacial score (nSPS) is 8.85. The van der Waals surface area contributed by atoms with Crippen molar-refractivity contribution in [3.05, 3.63) is 30.6 Å². The highest BCUT2D eigenvalue weighted by molar-refractivity contribution is 5.73. The minimum atomic E-state index is -0.213. The molecule has 0 unspecified atom stereocenters. The number of hydrogen-bond donors (Lipinski definition) is 1. The molecule has 0 bridgehead atoms. The van der Waals surface area contributed by atoms with Crippen molar-refractivity contribution >= 4 is 5.91 Å². The van der Waals surface area contributed by atoms with Gasteiger partial charge in [0.15, 0.2) is 0 Å². The Morgan fingerprint density at radius 2 is 1.85 bits per heavy atom. The van der Waals surface area contributed by atoms with E-state index in [1.807, 2.05) is 32.0 Å². The number of carbonyl (C=O) groups is 1. The molecule has 1 aromatic heterocycles. The fourth-order valence-electron chi connectivity index (χ4n) is 0.715. The number of primary amides is 1. The smallest absolute Gasteiger partial charge is 0.217 e. The highest BCUT2D eigenvalue weighted by Crippen LogP contribution is 1.95. The quantitative estimate of drug-likeness (QED) is 0.751. The summed E-state index contributed by atoms with van der Waals surface area (Å²) in [5.41, 5.74) is 4.85. The average molecular weight is 180 g/mol. The highest BCUT2D eigenvalue weighted by atomic mass is 16.1. The second-order valence-corrected chi connectivity index (χ2v) is 3.09. The first kappa shape index (κ1) is 11.6. The van der Waals surface area contributed by atoms with Gasteiger partial charge in [-0.05, 0) is 18.1 Å². The van der Waals surface area contributed by atoms with Gasteiger partial charge in [0.2, 0.25) is 5.91 Å². The van der Waals surface area contributed by atoms with E-state index in [4.69, 9.17) is 5.73 Å². The molecule has 0 saturated heterocycles. The zero-order valence-corrected chi connectivity index (χ0v) is 8.10. The highest BCUT2D eigenvalue weighted by Gasteiger charge is 1.96. The molecule has 1 aromatic rings. The molecule has 0 saturated carbocycles. The second-order valence-electron chi connectivity index (χ2n) is 3.09. The number of aromatic nitrogens is 1. The minimum absolute atomic E-state index is 0.213. The lowest BCUT2D eigenvalue weighted by molar-refractivity contribution is -0.118. The van der Waals surface area contributed by atoms with Crippen LogP contribution in [0.2, 0.25) is 0 Å². The monoisotopic (exact) mass is 180 g/mol. The first-order chi connectivity index (χ1) is 6.13. The van der Waals surface area contributed by atoms with Gasteiger partial charge >= 0.3 is 0 Å². The van der Waals surface area contributed by atoms with Crippen molar-refractivity contribution in [2.75, 3.05) is 0 Å². The zero-order valence-electron chi connectivity index (χ0n) is 8.10. The summed E-state index contributed by atoms with van der Waals surface area (Å²) in [5.74, 6) is 0.188. The zero-order chi connectivity index (χ0) is 10.1. The Bertz CT molecular complexity index is 195. The van der Waals surface area contributed by atoms with E-state index in [9.17, 15) is 4.79 Å². The van der Waals surface area contributed by atoms with Gasteiger partial charge in [-0.1, -0.05) is 19.9 Å². The molecule has 3 nitrogen and oxygen atoms in total. The summed E-state index contributed by atoms with van der Waals surface area (Å²) >= 11 is 0. The van der Waals surface area contributed by atoms with Crippen LogP contribution in [0.1, 0.15) is 20.3 Å². The van der Waals surface area contributed by atoms with Gasteiger partial charge in [-0.15, -0.1) is 0 Å². The molecular formula is C10H16N2O. The lowest BCUT2D eigenvalue weighted by atomic mass is 10.1.